The number of thiophene rings is 1. The van der Waals surface area contributed by atoms with Crippen LogP contribution in [0.1, 0.15) is 38.0 Å². The number of hydrogen-bond acceptors (Lipinski definition) is 4. The van der Waals surface area contributed by atoms with Gasteiger partial charge in [-0.1, -0.05) is 6.07 Å². The van der Waals surface area contributed by atoms with Gasteiger partial charge in [0.25, 0.3) is 0 Å². The molecule has 1 saturated carbocycles. The number of guanidine groups is 1. The van der Waals surface area contributed by atoms with Gasteiger partial charge < -0.3 is 20.5 Å². The van der Waals surface area contributed by atoms with Crippen LogP contribution < -0.4 is 10.6 Å². The van der Waals surface area contributed by atoms with Crippen molar-refractivity contribution in [3.63, 3.8) is 0 Å². The molecule has 0 bridgehead atoms. The lowest BCUT2D eigenvalue weighted by Crippen LogP contribution is -2.39. The van der Waals surface area contributed by atoms with Crippen molar-refractivity contribution in [2.75, 3.05) is 32.8 Å². The number of halogens is 1. The molecule has 5 nitrogen and oxygen atoms in total. The summed E-state index contributed by atoms with van der Waals surface area (Å²) in [5, 5.41) is 19.0. The Morgan fingerprint density at radius 1 is 1.46 bits per heavy atom. The summed E-state index contributed by atoms with van der Waals surface area (Å²) in [6.07, 6.45) is 3.62. The van der Waals surface area contributed by atoms with Crippen molar-refractivity contribution in [2.45, 2.75) is 38.7 Å². The molecule has 0 amide bonds. The maximum Gasteiger partial charge on any atom is 0.191 e. The van der Waals surface area contributed by atoms with E-state index in [1.165, 1.54) is 12.8 Å². The molecule has 1 atom stereocenters. The third kappa shape index (κ3) is 8.13. The summed E-state index contributed by atoms with van der Waals surface area (Å²) in [6, 6.07) is 3.89. The van der Waals surface area contributed by atoms with Gasteiger partial charge >= 0.3 is 0 Å². The van der Waals surface area contributed by atoms with Gasteiger partial charge in [-0.15, -0.1) is 35.3 Å². The van der Waals surface area contributed by atoms with Crippen LogP contribution in [-0.4, -0.2) is 43.9 Å². The fourth-order valence-corrected chi connectivity index (χ4v) is 2.93. The number of hydrogen-bond donors (Lipinski definition) is 3. The average Bonchev–Trinajstić information content (AvgIpc) is 3.17. The Kier molecular flexibility index (Phi) is 10.2. The molecule has 0 spiro atoms. The minimum Gasteiger partial charge on any atom is -0.383 e. The minimum absolute atomic E-state index is 0. The molecule has 1 heterocycles. The van der Waals surface area contributed by atoms with Gasteiger partial charge in [-0.3, -0.25) is 0 Å². The Hall–Kier alpha value is -0.380. The molecule has 1 aliphatic carbocycles. The lowest BCUT2D eigenvalue weighted by atomic mass is 10.1. The molecule has 1 aromatic rings. The van der Waals surface area contributed by atoms with Gasteiger partial charge in [-0.2, -0.15) is 0 Å². The van der Waals surface area contributed by atoms with Crippen LogP contribution in [-0.2, 0) is 10.3 Å². The number of nitrogens with one attached hydrogen (secondary N) is 2. The first kappa shape index (κ1) is 21.7. The number of aliphatic hydroxyl groups is 1. The van der Waals surface area contributed by atoms with E-state index in [2.05, 4.69) is 15.6 Å². The van der Waals surface area contributed by atoms with Gasteiger partial charge in [0.2, 0.25) is 0 Å². The largest absolute Gasteiger partial charge is 0.383 e. The van der Waals surface area contributed by atoms with E-state index in [0.29, 0.717) is 6.54 Å². The van der Waals surface area contributed by atoms with E-state index in [0.717, 1.165) is 49.5 Å². The van der Waals surface area contributed by atoms with Crippen molar-refractivity contribution in [3.05, 3.63) is 22.4 Å². The van der Waals surface area contributed by atoms with E-state index in [1.807, 2.05) is 24.4 Å². The highest BCUT2D eigenvalue weighted by atomic mass is 127. The quantitative estimate of drug-likeness (QED) is 0.214. The van der Waals surface area contributed by atoms with Crippen molar-refractivity contribution in [3.8, 4) is 0 Å². The zero-order valence-electron chi connectivity index (χ0n) is 14.6. The molecular weight excluding hydrogens is 437 g/mol. The predicted octanol–water partition coefficient (Wildman–Crippen LogP) is 2.95. The van der Waals surface area contributed by atoms with E-state index < -0.39 is 5.60 Å². The van der Waals surface area contributed by atoms with Crippen molar-refractivity contribution >= 4 is 41.3 Å². The van der Waals surface area contributed by atoms with Crippen LogP contribution in [0.2, 0.25) is 0 Å². The molecule has 2 rings (SSSR count). The van der Waals surface area contributed by atoms with Crippen LogP contribution in [0.4, 0.5) is 0 Å². The lowest BCUT2D eigenvalue weighted by Gasteiger charge is -2.20. The SMILES string of the molecule is CCNC(=NCC(C)(O)c1cccs1)NCCCOCC1CC1.I. The molecule has 138 valence electrons. The zero-order chi connectivity index (χ0) is 16.5. The van der Waals surface area contributed by atoms with Gasteiger partial charge in [0.15, 0.2) is 5.96 Å². The molecule has 1 unspecified atom stereocenters. The van der Waals surface area contributed by atoms with Crippen LogP contribution in [0.3, 0.4) is 0 Å². The minimum atomic E-state index is -0.927. The number of nitrogens with zero attached hydrogens (tertiary/aromatic N) is 1. The first-order chi connectivity index (χ1) is 11.1. The van der Waals surface area contributed by atoms with Crippen LogP contribution in [0.5, 0.6) is 0 Å². The summed E-state index contributed by atoms with van der Waals surface area (Å²) in [5.74, 6) is 1.56. The molecule has 1 aliphatic rings. The van der Waals surface area contributed by atoms with Gasteiger partial charge in [0.1, 0.15) is 5.60 Å². The third-order valence-corrected chi connectivity index (χ3v) is 4.87. The molecular formula is C17H30IN3O2S. The van der Waals surface area contributed by atoms with Crippen molar-refractivity contribution in [2.24, 2.45) is 10.9 Å². The zero-order valence-corrected chi connectivity index (χ0v) is 17.7. The van der Waals surface area contributed by atoms with E-state index >= 15 is 0 Å². The summed E-state index contributed by atoms with van der Waals surface area (Å²) >= 11 is 1.55. The maximum atomic E-state index is 10.5. The number of rotatable bonds is 10. The van der Waals surface area contributed by atoms with Gasteiger partial charge in [0, 0.05) is 31.2 Å². The molecule has 0 saturated heterocycles. The van der Waals surface area contributed by atoms with Crippen LogP contribution in [0.15, 0.2) is 22.5 Å². The standard InChI is InChI=1S/C17H29N3O2S.HI/c1-3-18-16(19-9-5-10-22-12-14-7-8-14)20-13-17(2,21)15-6-4-11-23-15;/h4,6,11,14,21H,3,5,7-10,12-13H2,1-2H3,(H2,18,19,20);1H. The van der Waals surface area contributed by atoms with Gasteiger partial charge in [-0.25, -0.2) is 4.99 Å². The summed E-state index contributed by atoms with van der Waals surface area (Å²) < 4.78 is 5.62. The highest BCUT2D eigenvalue weighted by Crippen LogP contribution is 2.28. The maximum absolute atomic E-state index is 10.5. The molecule has 3 N–H and O–H groups in total. The Labute approximate surface area is 166 Å². The van der Waals surface area contributed by atoms with Crippen LogP contribution in [0, 0.1) is 5.92 Å². The first-order valence-corrected chi connectivity index (χ1v) is 9.36. The second kappa shape index (κ2) is 11.3. The monoisotopic (exact) mass is 467 g/mol. The molecule has 0 aromatic carbocycles. The normalized spacial score (nSPS) is 17.0. The predicted molar refractivity (Wildman–Crippen MR) is 111 cm³/mol. The number of aliphatic imine (C=N–C) groups is 1. The third-order valence-electron chi connectivity index (χ3n) is 3.75. The highest BCUT2D eigenvalue weighted by Gasteiger charge is 2.24. The second-order valence-electron chi connectivity index (χ2n) is 6.24. The molecule has 24 heavy (non-hydrogen) atoms. The first-order valence-electron chi connectivity index (χ1n) is 8.48. The van der Waals surface area contributed by atoms with E-state index in [4.69, 9.17) is 4.74 Å². The van der Waals surface area contributed by atoms with Crippen molar-refractivity contribution < 1.29 is 9.84 Å². The molecule has 7 heteroatoms. The fraction of sp³-hybridized carbons (Fsp3) is 0.706. The number of ether oxygens (including phenoxy) is 1. The summed E-state index contributed by atoms with van der Waals surface area (Å²) in [7, 11) is 0. The molecule has 0 radical (unpaired) electrons. The van der Waals surface area contributed by atoms with Crippen LogP contribution in [0.25, 0.3) is 0 Å². The Bertz CT molecular complexity index is 476. The Morgan fingerprint density at radius 2 is 2.25 bits per heavy atom. The molecule has 0 aliphatic heterocycles. The van der Waals surface area contributed by atoms with Gasteiger partial charge in [-0.05, 0) is 50.5 Å². The summed E-state index contributed by atoms with van der Waals surface area (Å²) in [6.45, 7) is 7.49. The summed E-state index contributed by atoms with van der Waals surface area (Å²) in [5.41, 5.74) is -0.927. The molecule has 1 aromatic heterocycles. The fourth-order valence-electron chi connectivity index (χ4n) is 2.15. The van der Waals surface area contributed by atoms with Crippen LogP contribution >= 0.6 is 35.3 Å². The lowest BCUT2D eigenvalue weighted by molar-refractivity contribution is 0.0711. The van der Waals surface area contributed by atoms with E-state index in [-0.39, 0.29) is 24.0 Å². The second-order valence-corrected chi connectivity index (χ2v) is 7.19. The van der Waals surface area contributed by atoms with Crippen molar-refractivity contribution in [1.29, 1.82) is 0 Å². The highest BCUT2D eigenvalue weighted by molar-refractivity contribution is 14.0. The topological polar surface area (TPSA) is 65.9 Å². The average molecular weight is 467 g/mol. The Balaban J connectivity index is 0.00000288. The van der Waals surface area contributed by atoms with E-state index in [9.17, 15) is 5.11 Å². The summed E-state index contributed by atoms with van der Waals surface area (Å²) in [4.78, 5) is 5.44. The molecule has 1 fully saturated rings. The van der Waals surface area contributed by atoms with Gasteiger partial charge in [0.05, 0.1) is 6.54 Å². The smallest absolute Gasteiger partial charge is 0.191 e. The Morgan fingerprint density at radius 3 is 2.88 bits per heavy atom. The van der Waals surface area contributed by atoms with Crippen molar-refractivity contribution in [1.82, 2.24) is 10.6 Å². The van der Waals surface area contributed by atoms with E-state index in [1.54, 1.807) is 18.3 Å².